The lowest BCUT2D eigenvalue weighted by Crippen LogP contribution is -2.36. The van der Waals surface area contributed by atoms with Crippen molar-refractivity contribution in [2.45, 2.75) is 52.4 Å². The molecule has 0 N–H and O–H groups in total. The predicted molar refractivity (Wildman–Crippen MR) is 82.2 cm³/mol. The van der Waals surface area contributed by atoms with Crippen LogP contribution in [0, 0.1) is 11.8 Å². The highest BCUT2D eigenvalue weighted by atomic mass is 15.4. The molecule has 0 aromatic heterocycles. The predicted octanol–water partition coefficient (Wildman–Crippen LogP) is 3.00. The van der Waals surface area contributed by atoms with Gasteiger partial charge in [-0.2, -0.15) is 0 Å². The summed E-state index contributed by atoms with van der Waals surface area (Å²) in [5, 5.41) is 4.44. The molecule has 0 spiro atoms. The van der Waals surface area contributed by atoms with E-state index in [0.717, 1.165) is 12.5 Å². The van der Waals surface area contributed by atoms with Crippen LogP contribution in [-0.4, -0.2) is 48.2 Å². The highest BCUT2D eigenvalue weighted by Gasteiger charge is 2.24. The number of rotatable bonds is 7. The number of hydrogen-bond acceptors (Lipinski definition) is 2. The molecule has 0 aliphatic carbocycles. The average Bonchev–Trinajstić information content (AvgIpc) is 2.82. The molecule has 2 aliphatic rings. The van der Waals surface area contributed by atoms with E-state index in [1.165, 1.54) is 58.2 Å². The van der Waals surface area contributed by atoms with E-state index in [1.807, 2.05) is 6.21 Å². The molecule has 19 heavy (non-hydrogen) atoms. The van der Waals surface area contributed by atoms with Gasteiger partial charge in [-0.15, -0.1) is 0 Å². The molecule has 3 heteroatoms. The number of nitrogens with zero attached hydrogens (tertiary/aromatic N) is 3. The number of likely N-dealkylation sites (tertiary alicyclic amines) is 1. The van der Waals surface area contributed by atoms with Gasteiger partial charge in [-0.1, -0.05) is 30.9 Å². The van der Waals surface area contributed by atoms with Crippen LogP contribution in [0.4, 0.5) is 0 Å². The maximum atomic E-state index is 4.44. The lowest BCUT2D eigenvalue weighted by molar-refractivity contribution is -0.534. The molecule has 1 unspecified atom stereocenters. The minimum absolute atomic E-state index is 0.527. The zero-order chi connectivity index (χ0) is 13.5. The van der Waals surface area contributed by atoms with E-state index in [2.05, 4.69) is 34.7 Å². The summed E-state index contributed by atoms with van der Waals surface area (Å²) in [6.45, 7) is 9.52. The van der Waals surface area contributed by atoms with Crippen molar-refractivity contribution in [2.24, 2.45) is 16.9 Å². The molecule has 0 radical (unpaired) electrons. The third-order valence-corrected chi connectivity index (χ3v) is 4.34. The number of piperidine rings is 1. The highest BCUT2D eigenvalue weighted by molar-refractivity contribution is 5.82. The van der Waals surface area contributed by atoms with Gasteiger partial charge < -0.3 is 4.90 Å². The first-order valence-electron chi connectivity index (χ1n) is 8.16. The first kappa shape index (κ1) is 14.7. The van der Waals surface area contributed by atoms with Crippen LogP contribution in [0.3, 0.4) is 0 Å². The molecule has 0 aromatic rings. The minimum Gasteiger partial charge on any atom is -0.303 e. The minimum atomic E-state index is 0.527. The number of hydrazone groups is 1. The molecule has 0 aromatic carbocycles. The second-order valence-corrected chi connectivity index (χ2v) is 6.24. The standard InChI is InChI=1S/C16H30N3/c1-3-4-5-6-9-18-10-7-16(8-11-18)14-19-13-15(2)12-17-19/h12-13,15-16H,3-11,14H2,1-2H3/q+1. The van der Waals surface area contributed by atoms with Gasteiger partial charge in [0.25, 0.3) is 0 Å². The summed E-state index contributed by atoms with van der Waals surface area (Å²) in [5.41, 5.74) is 0. The normalized spacial score (nSPS) is 24.9. The van der Waals surface area contributed by atoms with Crippen LogP contribution < -0.4 is 0 Å². The highest BCUT2D eigenvalue weighted by Crippen LogP contribution is 2.18. The van der Waals surface area contributed by atoms with Crippen LogP contribution in [0.5, 0.6) is 0 Å². The summed E-state index contributed by atoms with van der Waals surface area (Å²) >= 11 is 0. The summed E-state index contributed by atoms with van der Waals surface area (Å²) in [7, 11) is 0. The summed E-state index contributed by atoms with van der Waals surface area (Å²) in [6.07, 6.45) is 12.5. The van der Waals surface area contributed by atoms with Crippen molar-refractivity contribution in [3.63, 3.8) is 0 Å². The molecule has 2 rings (SSSR count). The Kier molecular flexibility index (Phi) is 6.02. The topological polar surface area (TPSA) is 18.6 Å². The van der Waals surface area contributed by atoms with Crippen LogP contribution >= 0.6 is 0 Å². The van der Waals surface area contributed by atoms with Crippen LogP contribution in [0.1, 0.15) is 52.4 Å². The zero-order valence-electron chi connectivity index (χ0n) is 12.7. The van der Waals surface area contributed by atoms with E-state index >= 15 is 0 Å². The Balaban J connectivity index is 1.60. The van der Waals surface area contributed by atoms with Gasteiger partial charge in [0.05, 0.1) is 12.1 Å². The van der Waals surface area contributed by atoms with Crippen molar-refractivity contribution in [3.8, 4) is 0 Å². The van der Waals surface area contributed by atoms with Crippen LogP contribution in [0.2, 0.25) is 0 Å². The van der Waals surface area contributed by atoms with Gasteiger partial charge in [0.15, 0.2) is 12.8 Å². The molecule has 0 amide bonds. The van der Waals surface area contributed by atoms with Crippen molar-refractivity contribution in [3.05, 3.63) is 0 Å². The molecular weight excluding hydrogens is 234 g/mol. The summed E-state index contributed by atoms with van der Waals surface area (Å²) in [6, 6.07) is 0. The van der Waals surface area contributed by atoms with Gasteiger partial charge in [0, 0.05) is 5.92 Å². The van der Waals surface area contributed by atoms with Crippen molar-refractivity contribution in [1.82, 2.24) is 4.90 Å². The SMILES string of the molecule is CCCCCCN1CCC(C[N+]2=CC(C)C=N2)CC1. The van der Waals surface area contributed by atoms with Crippen molar-refractivity contribution in [2.75, 3.05) is 26.2 Å². The van der Waals surface area contributed by atoms with Gasteiger partial charge in [0.2, 0.25) is 0 Å². The first-order valence-corrected chi connectivity index (χ1v) is 8.16. The van der Waals surface area contributed by atoms with Crippen molar-refractivity contribution < 1.29 is 4.68 Å². The molecule has 108 valence electrons. The fourth-order valence-corrected chi connectivity index (χ4v) is 3.07. The maximum Gasteiger partial charge on any atom is 0.181 e. The Morgan fingerprint density at radius 2 is 2.00 bits per heavy atom. The van der Waals surface area contributed by atoms with E-state index < -0.39 is 0 Å². The quantitative estimate of drug-likeness (QED) is 0.511. The van der Waals surface area contributed by atoms with Crippen LogP contribution in [0.25, 0.3) is 0 Å². The van der Waals surface area contributed by atoms with E-state index in [9.17, 15) is 0 Å². The molecule has 3 nitrogen and oxygen atoms in total. The molecular formula is C16H30N3+. The average molecular weight is 264 g/mol. The third-order valence-electron chi connectivity index (χ3n) is 4.34. The van der Waals surface area contributed by atoms with Gasteiger partial charge in [-0.3, -0.25) is 0 Å². The fraction of sp³-hybridized carbons (Fsp3) is 0.875. The summed E-state index contributed by atoms with van der Waals surface area (Å²) in [5.74, 6) is 1.37. The molecule has 0 saturated carbocycles. The van der Waals surface area contributed by atoms with E-state index in [0.29, 0.717) is 5.92 Å². The third kappa shape index (κ3) is 5.06. The van der Waals surface area contributed by atoms with E-state index in [4.69, 9.17) is 0 Å². The smallest absolute Gasteiger partial charge is 0.181 e. The summed E-state index contributed by atoms with van der Waals surface area (Å²) < 4.78 is 2.16. The summed E-state index contributed by atoms with van der Waals surface area (Å²) in [4.78, 5) is 2.66. The monoisotopic (exact) mass is 264 g/mol. The maximum absolute atomic E-state index is 4.44. The van der Waals surface area contributed by atoms with Gasteiger partial charge >= 0.3 is 0 Å². The van der Waals surface area contributed by atoms with Gasteiger partial charge in [-0.25, -0.2) is 0 Å². The van der Waals surface area contributed by atoms with Gasteiger partial charge in [-0.05, 0) is 50.9 Å². The molecule has 2 heterocycles. The number of hydrogen-bond donors (Lipinski definition) is 0. The van der Waals surface area contributed by atoms with E-state index in [1.54, 1.807) is 0 Å². The molecule has 1 fully saturated rings. The molecule has 1 atom stereocenters. The van der Waals surface area contributed by atoms with E-state index in [-0.39, 0.29) is 0 Å². The molecule has 1 saturated heterocycles. The molecule has 2 aliphatic heterocycles. The van der Waals surface area contributed by atoms with Crippen LogP contribution in [0.15, 0.2) is 5.10 Å². The fourth-order valence-electron chi connectivity index (χ4n) is 3.07. The van der Waals surface area contributed by atoms with Crippen molar-refractivity contribution >= 4 is 12.4 Å². The Morgan fingerprint density at radius 1 is 1.21 bits per heavy atom. The van der Waals surface area contributed by atoms with Gasteiger partial charge in [0.1, 0.15) is 0 Å². The lowest BCUT2D eigenvalue weighted by Gasteiger charge is -2.30. The van der Waals surface area contributed by atoms with Crippen molar-refractivity contribution in [1.29, 1.82) is 0 Å². The first-order chi connectivity index (χ1) is 9.28. The lowest BCUT2D eigenvalue weighted by atomic mass is 9.96. The molecule has 0 bridgehead atoms. The number of unbranched alkanes of at least 4 members (excludes halogenated alkanes) is 3. The Labute approximate surface area is 118 Å². The Hall–Kier alpha value is -0.700. The largest absolute Gasteiger partial charge is 0.303 e. The van der Waals surface area contributed by atoms with Crippen LogP contribution in [-0.2, 0) is 0 Å². The second kappa shape index (κ2) is 7.78. The second-order valence-electron chi connectivity index (χ2n) is 6.24. The Bertz CT molecular complexity index is 314. The Morgan fingerprint density at radius 3 is 2.63 bits per heavy atom. The zero-order valence-corrected chi connectivity index (χ0v) is 12.7.